The van der Waals surface area contributed by atoms with Crippen LogP contribution in [0.2, 0.25) is 0 Å². The van der Waals surface area contributed by atoms with Crippen LogP contribution in [0.4, 0.5) is 5.95 Å². The number of nitrogens with two attached hydrogens (primary N) is 1. The molecule has 140 valence electrons. The molecule has 2 aromatic rings. The highest BCUT2D eigenvalue weighted by Gasteiger charge is 2.29. The Balaban J connectivity index is 1.42. The number of aromatic nitrogens is 2. The van der Waals surface area contributed by atoms with Crippen LogP contribution in [-0.4, -0.2) is 58.0 Å². The summed E-state index contributed by atoms with van der Waals surface area (Å²) in [7, 11) is 0. The highest BCUT2D eigenvalue weighted by molar-refractivity contribution is 5.97. The summed E-state index contributed by atoms with van der Waals surface area (Å²) in [6.07, 6.45) is 1.41. The molecule has 4 rings (SSSR count). The van der Waals surface area contributed by atoms with Crippen LogP contribution in [0.3, 0.4) is 0 Å². The molecule has 0 saturated carbocycles. The summed E-state index contributed by atoms with van der Waals surface area (Å²) in [5.74, 6) is 1.15. The molecular formula is C18H19N5O4. The van der Waals surface area contributed by atoms with Gasteiger partial charge in [-0.2, -0.15) is 0 Å². The van der Waals surface area contributed by atoms with Crippen LogP contribution in [0.25, 0.3) is 0 Å². The van der Waals surface area contributed by atoms with Crippen LogP contribution in [0.15, 0.2) is 24.4 Å². The maximum absolute atomic E-state index is 12.7. The van der Waals surface area contributed by atoms with Crippen LogP contribution in [0.1, 0.15) is 21.6 Å². The molecule has 1 saturated heterocycles. The van der Waals surface area contributed by atoms with Crippen molar-refractivity contribution < 1.29 is 19.1 Å². The fourth-order valence-corrected chi connectivity index (χ4v) is 3.17. The van der Waals surface area contributed by atoms with E-state index in [1.165, 1.54) is 11.1 Å². The van der Waals surface area contributed by atoms with Gasteiger partial charge in [-0.1, -0.05) is 6.07 Å². The van der Waals surface area contributed by atoms with Gasteiger partial charge in [0.1, 0.15) is 6.54 Å². The molecular weight excluding hydrogens is 350 g/mol. The van der Waals surface area contributed by atoms with Gasteiger partial charge in [0.2, 0.25) is 18.6 Å². The van der Waals surface area contributed by atoms with E-state index in [2.05, 4.69) is 9.97 Å². The zero-order chi connectivity index (χ0) is 19.0. The highest BCUT2D eigenvalue weighted by Crippen LogP contribution is 2.32. The molecule has 0 radical (unpaired) electrons. The summed E-state index contributed by atoms with van der Waals surface area (Å²) in [6, 6.07) is 5.63. The fourth-order valence-electron chi connectivity index (χ4n) is 3.17. The van der Waals surface area contributed by atoms with Crippen molar-refractivity contribution in [1.82, 2.24) is 19.8 Å². The van der Waals surface area contributed by atoms with Gasteiger partial charge in [-0.25, -0.2) is 9.97 Å². The number of carbonyl (C=O) groups excluding carboxylic acids is 2. The number of hydrogen-bond acceptors (Lipinski definition) is 7. The van der Waals surface area contributed by atoms with Crippen molar-refractivity contribution in [3.63, 3.8) is 0 Å². The molecule has 1 aromatic carbocycles. The van der Waals surface area contributed by atoms with E-state index in [1.807, 2.05) is 18.2 Å². The van der Waals surface area contributed by atoms with E-state index in [4.69, 9.17) is 15.2 Å². The summed E-state index contributed by atoms with van der Waals surface area (Å²) in [4.78, 5) is 36.3. The highest BCUT2D eigenvalue weighted by atomic mass is 16.7. The summed E-state index contributed by atoms with van der Waals surface area (Å²) in [5, 5.41) is 0. The van der Waals surface area contributed by atoms with Crippen molar-refractivity contribution in [2.75, 3.05) is 32.2 Å². The lowest BCUT2D eigenvalue weighted by molar-refractivity contribution is -0.135. The molecule has 9 nitrogen and oxygen atoms in total. The molecule has 3 heterocycles. The number of rotatable bonds is 3. The molecule has 0 atom stereocenters. The van der Waals surface area contributed by atoms with Crippen LogP contribution < -0.4 is 15.2 Å². The maximum Gasteiger partial charge on any atom is 0.257 e. The zero-order valence-electron chi connectivity index (χ0n) is 14.8. The monoisotopic (exact) mass is 369 g/mol. The molecule has 0 aliphatic carbocycles. The first-order chi connectivity index (χ1) is 13.0. The number of amides is 2. The Hall–Kier alpha value is -3.36. The summed E-state index contributed by atoms with van der Waals surface area (Å²) in [6.45, 7) is 3.29. The topological polar surface area (TPSA) is 111 Å². The van der Waals surface area contributed by atoms with Gasteiger partial charge in [0.05, 0.1) is 11.3 Å². The normalized spacial score (nSPS) is 16.0. The predicted molar refractivity (Wildman–Crippen MR) is 95.1 cm³/mol. The van der Waals surface area contributed by atoms with Gasteiger partial charge in [-0.05, 0) is 24.6 Å². The number of carbonyl (C=O) groups is 2. The first-order valence-electron chi connectivity index (χ1n) is 8.56. The van der Waals surface area contributed by atoms with E-state index in [0.29, 0.717) is 42.4 Å². The van der Waals surface area contributed by atoms with Gasteiger partial charge in [-0.3, -0.25) is 9.59 Å². The predicted octanol–water partition coefficient (Wildman–Crippen LogP) is 0.581. The summed E-state index contributed by atoms with van der Waals surface area (Å²) >= 11 is 0. The Kier molecular flexibility index (Phi) is 4.27. The third-order valence-electron chi connectivity index (χ3n) is 4.64. The SMILES string of the molecule is Cc1nc(N)ncc1C(=O)N1CCN(Cc2ccc3c(c2)OCO3)C(=O)C1. The Morgan fingerprint density at radius 3 is 2.85 bits per heavy atom. The minimum absolute atomic E-state index is 0.0210. The summed E-state index contributed by atoms with van der Waals surface area (Å²) < 4.78 is 10.7. The van der Waals surface area contributed by atoms with Crippen molar-refractivity contribution in [2.24, 2.45) is 0 Å². The molecule has 1 fully saturated rings. The molecule has 0 unspecified atom stereocenters. The van der Waals surface area contributed by atoms with Gasteiger partial charge in [-0.15, -0.1) is 0 Å². The molecule has 2 aliphatic heterocycles. The van der Waals surface area contributed by atoms with Gasteiger partial charge in [0, 0.05) is 25.8 Å². The lowest BCUT2D eigenvalue weighted by Gasteiger charge is -2.34. The minimum atomic E-state index is -0.261. The molecule has 2 N–H and O–H groups in total. The van der Waals surface area contributed by atoms with Crippen molar-refractivity contribution >= 4 is 17.8 Å². The molecule has 9 heteroatoms. The largest absolute Gasteiger partial charge is 0.454 e. The van der Waals surface area contributed by atoms with Crippen molar-refractivity contribution in [2.45, 2.75) is 13.5 Å². The Morgan fingerprint density at radius 2 is 2.07 bits per heavy atom. The Morgan fingerprint density at radius 1 is 1.26 bits per heavy atom. The lowest BCUT2D eigenvalue weighted by Crippen LogP contribution is -2.51. The number of hydrogen-bond donors (Lipinski definition) is 1. The number of piperazine rings is 1. The Bertz CT molecular complexity index is 917. The number of nitrogens with zero attached hydrogens (tertiary/aromatic N) is 4. The van der Waals surface area contributed by atoms with E-state index in [0.717, 1.165) is 5.56 Å². The average molecular weight is 369 g/mol. The van der Waals surface area contributed by atoms with E-state index < -0.39 is 0 Å². The van der Waals surface area contributed by atoms with Crippen LogP contribution in [-0.2, 0) is 11.3 Å². The Labute approximate surface area is 155 Å². The number of aryl methyl sites for hydroxylation is 1. The number of ether oxygens (including phenoxy) is 2. The van der Waals surface area contributed by atoms with E-state index in [9.17, 15) is 9.59 Å². The van der Waals surface area contributed by atoms with E-state index in [1.54, 1.807) is 11.8 Å². The standard InChI is InChI=1S/C18H19N5O4/c1-11-13(7-20-18(19)21-11)17(25)23-5-4-22(16(24)9-23)8-12-2-3-14-15(6-12)27-10-26-14/h2-3,6-7H,4-5,8-10H2,1H3,(H2,19,20,21). The maximum atomic E-state index is 12.7. The molecule has 1 aromatic heterocycles. The van der Waals surface area contributed by atoms with Gasteiger partial charge in [0.15, 0.2) is 11.5 Å². The minimum Gasteiger partial charge on any atom is -0.454 e. The van der Waals surface area contributed by atoms with Crippen molar-refractivity contribution in [1.29, 1.82) is 0 Å². The smallest absolute Gasteiger partial charge is 0.257 e. The molecule has 2 amide bonds. The van der Waals surface area contributed by atoms with Gasteiger partial charge in [0.25, 0.3) is 5.91 Å². The lowest BCUT2D eigenvalue weighted by atomic mass is 10.1. The average Bonchev–Trinajstić information content (AvgIpc) is 3.11. The van der Waals surface area contributed by atoms with Crippen molar-refractivity contribution in [3.8, 4) is 11.5 Å². The molecule has 0 spiro atoms. The zero-order valence-corrected chi connectivity index (χ0v) is 14.8. The second kappa shape index (κ2) is 6.75. The first kappa shape index (κ1) is 17.1. The second-order valence-corrected chi connectivity index (χ2v) is 6.46. The molecule has 27 heavy (non-hydrogen) atoms. The quantitative estimate of drug-likeness (QED) is 0.842. The van der Waals surface area contributed by atoms with Crippen LogP contribution in [0, 0.1) is 6.92 Å². The number of benzene rings is 1. The van der Waals surface area contributed by atoms with Gasteiger partial charge >= 0.3 is 0 Å². The third kappa shape index (κ3) is 3.35. The van der Waals surface area contributed by atoms with Crippen molar-refractivity contribution in [3.05, 3.63) is 41.2 Å². The fraction of sp³-hybridized carbons (Fsp3) is 0.333. The molecule has 0 bridgehead atoms. The third-order valence-corrected chi connectivity index (χ3v) is 4.64. The van der Waals surface area contributed by atoms with E-state index in [-0.39, 0.29) is 31.1 Å². The summed E-state index contributed by atoms with van der Waals surface area (Å²) in [5.41, 5.74) is 7.35. The molecule has 2 aliphatic rings. The van der Waals surface area contributed by atoms with Crippen LogP contribution in [0.5, 0.6) is 11.5 Å². The van der Waals surface area contributed by atoms with Gasteiger partial charge < -0.3 is 25.0 Å². The second-order valence-electron chi connectivity index (χ2n) is 6.46. The van der Waals surface area contributed by atoms with E-state index >= 15 is 0 Å². The van der Waals surface area contributed by atoms with Crippen LogP contribution >= 0.6 is 0 Å². The number of anilines is 1. The number of fused-ring (bicyclic) bond motifs is 1. The first-order valence-corrected chi connectivity index (χ1v) is 8.56. The number of nitrogen functional groups attached to an aromatic ring is 1.